The molecule has 0 unspecified atom stereocenters. The number of aromatic amines is 1. The van der Waals surface area contributed by atoms with Crippen molar-refractivity contribution in [1.29, 1.82) is 0 Å². The average Bonchev–Trinajstić information content (AvgIpc) is 2.92. The van der Waals surface area contributed by atoms with Crippen molar-refractivity contribution in [2.24, 2.45) is 11.8 Å². The van der Waals surface area contributed by atoms with E-state index in [0.29, 0.717) is 32.2 Å². The van der Waals surface area contributed by atoms with Crippen LogP contribution in [0.3, 0.4) is 0 Å². The van der Waals surface area contributed by atoms with Gasteiger partial charge in [-0.15, -0.1) is 0 Å². The number of aliphatic carboxylic acids is 1. The predicted molar refractivity (Wildman–Crippen MR) is 70.6 cm³/mol. The van der Waals surface area contributed by atoms with Crippen LogP contribution in [0.2, 0.25) is 0 Å². The van der Waals surface area contributed by atoms with Gasteiger partial charge in [-0.2, -0.15) is 0 Å². The Kier molecular flexibility index (Phi) is 4.60. The van der Waals surface area contributed by atoms with Crippen LogP contribution in [0.1, 0.15) is 31.2 Å². The summed E-state index contributed by atoms with van der Waals surface area (Å²) < 4.78 is 0. The number of carbonyl (C=O) groups is 2. The van der Waals surface area contributed by atoms with E-state index in [2.05, 4.69) is 10.3 Å². The summed E-state index contributed by atoms with van der Waals surface area (Å²) in [6, 6.07) is 1.99. The molecule has 3 N–H and O–H groups in total. The van der Waals surface area contributed by atoms with Crippen LogP contribution in [0.4, 0.5) is 0 Å². The number of amides is 1. The topological polar surface area (TPSA) is 82.2 Å². The highest BCUT2D eigenvalue weighted by molar-refractivity contribution is 5.79. The van der Waals surface area contributed by atoms with Crippen molar-refractivity contribution in [2.45, 2.75) is 32.1 Å². The zero-order chi connectivity index (χ0) is 13.7. The standard InChI is InChI=1S/C14H20N2O3/c17-13(16-8-6-10-5-7-15-9-10)11-1-3-12(4-2-11)14(18)19/h5,7,9,11-12,15H,1-4,6,8H2,(H,16,17)(H,18,19). The Morgan fingerprint density at radius 3 is 2.53 bits per heavy atom. The van der Waals surface area contributed by atoms with Gasteiger partial charge in [0, 0.05) is 24.9 Å². The number of hydrogen-bond donors (Lipinski definition) is 3. The van der Waals surface area contributed by atoms with Crippen LogP contribution < -0.4 is 5.32 Å². The molecule has 0 radical (unpaired) electrons. The molecular formula is C14H20N2O3. The van der Waals surface area contributed by atoms with Crippen LogP contribution in [-0.2, 0) is 16.0 Å². The number of carboxylic acids is 1. The molecule has 1 amide bonds. The SMILES string of the molecule is O=C(O)C1CCC(C(=O)NCCc2cc[nH]c2)CC1. The minimum atomic E-state index is -0.730. The number of carboxylic acid groups (broad SMARTS) is 1. The summed E-state index contributed by atoms with van der Waals surface area (Å²) in [7, 11) is 0. The molecule has 1 fully saturated rings. The third-order valence-electron chi connectivity index (χ3n) is 3.82. The number of carbonyl (C=O) groups excluding carboxylic acids is 1. The minimum Gasteiger partial charge on any atom is -0.481 e. The van der Waals surface area contributed by atoms with Crippen molar-refractivity contribution in [3.8, 4) is 0 Å². The van der Waals surface area contributed by atoms with Crippen LogP contribution >= 0.6 is 0 Å². The molecule has 0 spiro atoms. The van der Waals surface area contributed by atoms with Gasteiger partial charge < -0.3 is 15.4 Å². The van der Waals surface area contributed by atoms with Crippen LogP contribution in [0.15, 0.2) is 18.5 Å². The number of H-pyrrole nitrogens is 1. The molecule has 0 bridgehead atoms. The van der Waals surface area contributed by atoms with Gasteiger partial charge in [0.1, 0.15) is 0 Å². The van der Waals surface area contributed by atoms with Crippen LogP contribution in [-0.4, -0.2) is 28.5 Å². The Labute approximate surface area is 112 Å². The molecule has 1 aromatic rings. The maximum absolute atomic E-state index is 11.9. The van der Waals surface area contributed by atoms with Crippen LogP contribution in [0.5, 0.6) is 0 Å². The number of nitrogens with one attached hydrogen (secondary N) is 2. The quantitative estimate of drug-likeness (QED) is 0.755. The lowest BCUT2D eigenvalue weighted by atomic mass is 9.81. The maximum atomic E-state index is 11.9. The molecule has 2 rings (SSSR count). The molecule has 1 aromatic heterocycles. The molecule has 104 valence electrons. The van der Waals surface area contributed by atoms with Crippen molar-refractivity contribution in [3.05, 3.63) is 24.0 Å². The summed E-state index contributed by atoms with van der Waals surface area (Å²) in [6.07, 6.45) is 7.21. The summed E-state index contributed by atoms with van der Waals surface area (Å²) in [5, 5.41) is 11.8. The second-order valence-electron chi connectivity index (χ2n) is 5.15. The number of aromatic nitrogens is 1. The van der Waals surface area contributed by atoms with Crippen LogP contribution in [0.25, 0.3) is 0 Å². The van der Waals surface area contributed by atoms with Gasteiger partial charge in [0.2, 0.25) is 5.91 Å². The molecule has 0 atom stereocenters. The Hall–Kier alpha value is -1.78. The van der Waals surface area contributed by atoms with E-state index in [1.54, 1.807) is 0 Å². The van der Waals surface area contributed by atoms with Crippen molar-refractivity contribution in [3.63, 3.8) is 0 Å². The predicted octanol–water partition coefficient (Wildman–Crippen LogP) is 1.56. The number of hydrogen-bond acceptors (Lipinski definition) is 2. The van der Waals surface area contributed by atoms with E-state index < -0.39 is 5.97 Å². The Balaban J connectivity index is 1.68. The summed E-state index contributed by atoms with van der Waals surface area (Å²) in [4.78, 5) is 25.7. The molecule has 5 heteroatoms. The molecule has 0 aromatic carbocycles. The first-order valence-electron chi connectivity index (χ1n) is 6.79. The van der Waals surface area contributed by atoms with Crippen molar-refractivity contribution in [1.82, 2.24) is 10.3 Å². The molecule has 1 aliphatic rings. The van der Waals surface area contributed by atoms with Gasteiger partial charge in [-0.3, -0.25) is 9.59 Å². The second kappa shape index (κ2) is 6.41. The number of rotatable bonds is 5. The van der Waals surface area contributed by atoms with Gasteiger partial charge in [0.25, 0.3) is 0 Å². The molecule has 0 aliphatic heterocycles. The van der Waals surface area contributed by atoms with Gasteiger partial charge in [-0.1, -0.05) is 0 Å². The van der Waals surface area contributed by atoms with Gasteiger partial charge in [0.05, 0.1) is 5.92 Å². The summed E-state index contributed by atoms with van der Waals surface area (Å²) in [5.41, 5.74) is 1.18. The minimum absolute atomic E-state index is 0.0122. The fourth-order valence-corrected chi connectivity index (χ4v) is 2.59. The van der Waals surface area contributed by atoms with E-state index in [1.165, 1.54) is 5.56 Å². The molecular weight excluding hydrogens is 244 g/mol. The van der Waals surface area contributed by atoms with E-state index in [-0.39, 0.29) is 17.7 Å². The molecule has 1 aliphatic carbocycles. The van der Waals surface area contributed by atoms with E-state index in [0.717, 1.165) is 6.42 Å². The average molecular weight is 264 g/mol. The molecule has 19 heavy (non-hydrogen) atoms. The van der Waals surface area contributed by atoms with E-state index in [1.807, 2.05) is 18.5 Å². The Morgan fingerprint density at radius 2 is 1.95 bits per heavy atom. The highest BCUT2D eigenvalue weighted by Gasteiger charge is 2.29. The van der Waals surface area contributed by atoms with Crippen molar-refractivity contribution < 1.29 is 14.7 Å². The van der Waals surface area contributed by atoms with Gasteiger partial charge in [0.15, 0.2) is 0 Å². The van der Waals surface area contributed by atoms with Gasteiger partial charge in [-0.05, 0) is 43.7 Å². The zero-order valence-electron chi connectivity index (χ0n) is 10.9. The van der Waals surface area contributed by atoms with E-state index in [4.69, 9.17) is 5.11 Å². The molecule has 5 nitrogen and oxygen atoms in total. The molecule has 1 heterocycles. The summed E-state index contributed by atoms with van der Waals surface area (Å²) in [5.74, 6) is -0.934. The lowest BCUT2D eigenvalue weighted by Crippen LogP contribution is -2.35. The van der Waals surface area contributed by atoms with Crippen LogP contribution in [0, 0.1) is 11.8 Å². The maximum Gasteiger partial charge on any atom is 0.306 e. The van der Waals surface area contributed by atoms with Crippen molar-refractivity contribution >= 4 is 11.9 Å². The second-order valence-corrected chi connectivity index (χ2v) is 5.15. The van der Waals surface area contributed by atoms with E-state index in [9.17, 15) is 9.59 Å². The normalized spacial score (nSPS) is 22.9. The highest BCUT2D eigenvalue weighted by Crippen LogP contribution is 2.28. The zero-order valence-corrected chi connectivity index (χ0v) is 10.9. The monoisotopic (exact) mass is 264 g/mol. The van der Waals surface area contributed by atoms with Crippen molar-refractivity contribution in [2.75, 3.05) is 6.54 Å². The Bertz CT molecular complexity index is 420. The lowest BCUT2D eigenvalue weighted by molar-refractivity contribution is -0.144. The third-order valence-corrected chi connectivity index (χ3v) is 3.82. The molecule has 0 saturated heterocycles. The first kappa shape index (κ1) is 13.6. The third kappa shape index (κ3) is 3.84. The highest BCUT2D eigenvalue weighted by atomic mass is 16.4. The fraction of sp³-hybridized carbons (Fsp3) is 0.571. The first-order valence-corrected chi connectivity index (χ1v) is 6.79. The summed E-state index contributed by atoms with van der Waals surface area (Å²) in [6.45, 7) is 0.634. The molecule has 1 saturated carbocycles. The van der Waals surface area contributed by atoms with E-state index >= 15 is 0 Å². The summed E-state index contributed by atoms with van der Waals surface area (Å²) >= 11 is 0. The van der Waals surface area contributed by atoms with Gasteiger partial charge >= 0.3 is 5.97 Å². The van der Waals surface area contributed by atoms with Gasteiger partial charge in [-0.25, -0.2) is 0 Å². The first-order chi connectivity index (χ1) is 9.16. The fourth-order valence-electron chi connectivity index (χ4n) is 2.59. The smallest absolute Gasteiger partial charge is 0.306 e. The Morgan fingerprint density at radius 1 is 1.26 bits per heavy atom. The lowest BCUT2D eigenvalue weighted by Gasteiger charge is -2.25. The largest absolute Gasteiger partial charge is 0.481 e.